The third-order valence-electron chi connectivity index (χ3n) is 5.26. The van der Waals surface area contributed by atoms with E-state index < -0.39 is 0 Å². The minimum absolute atomic E-state index is 0.789. The smallest absolute Gasteiger partial charge is 0.0541 e. The van der Waals surface area contributed by atoms with Gasteiger partial charge in [0.25, 0.3) is 0 Å². The van der Waals surface area contributed by atoms with Crippen molar-refractivity contribution in [2.45, 2.75) is 0 Å². The monoisotopic (exact) mass is 383 g/mol. The molecule has 4 aromatic carbocycles. The SMILES string of the molecule is Clc1ccc2c(c1)sc1ccc(-n3c4ccccc4c4ccccc43)cc12. The lowest BCUT2D eigenvalue weighted by molar-refractivity contribution is 1.19. The molecule has 0 saturated carbocycles. The first-order valence-electron chi connectivity index (χ1n) is 8.90. The van der Waals surface area contributed by atoms with Gasteiger partial charge in [-0.25, -0.2) is 0 Å². The van der Waals surface area contributed by atoms with Gasteiger partial charge in [-0.05, 0) is 42.5 Å². The van der Waals surface area contributed by atoms with Crippen LogP contribution in [-0.4, -0.2) is 4.57 Å². The van der Waals surface area contributed by atoms with Crippen LogP contribution in [-0.2, 0) is 0 Å². The molecule has 0 spiro atoms. The van der Waals surface area contributed by atoms with Crippen LogP contribution in [0.1, 0.15) is 0 Å². The maximum atomic E-state index is 6.19. The van der Waals surface area contributed by atoms with Crippen LogP contribution in [0.15, 0.2) is 84.9 Å². The van der Waals surface area contributed by atoms with Crippen molar-refractivity contribution in [2.75, 3.05) is 0 Å². The average Bonchev–Trinajstić information content (AvgIpc) is 3.22. The molecule has 0 radical (unpaired) electrons. The second-order valence-electron chi connectivity index (χ2n) is 6.79. The first kappa shape index (κ1) is 15.3. The van der Waals surface area contributed by atoms with Crippen molar-refractivity contribution in [2.24, 2.45) is 0 Å². The maximum absolute atomic E-state index is 6.19. The second kappa shape index (κ2) is 5.59. The molecule has 0 N–H and O–H groups in total. The summed E-state index contributed by atoms with van der Waals surface area (Å²) in [5, 5.41) is 5.91. The Morgan fingerprint density at radius 1 is 0.593 bits per heavy atom. The lowest BCUT2D eigenvalue weighted by atomic mass is 10.1. The first-order chi connectivity index (χ1) is 13.3. The number of thiophene rings is 1. The third-order valence-corrected chi connectivity index (χ3v) is 6.62. The zero-order valence-corrected chi connectivity index (χ0v) is 15.9. The van der Waals surface area contributed by atoms with E-state index in [1.54, 1.807) is 11.3 Å². The second-order valence-corrected chi connectivity index (χ2v) is 8.31. The van der Waals surface area contributed by atoms with E-state index in [-0.39, 0.29) is 0 Å². The Labute approximate surface area is 165 Å². The predicted octanol–water partition coefficient (Wildman–Crippen LogP) is 7.81. The van der Waals surface area contributed by atoms with Crippen LogP contribution >= 0.6 is 22.9 Å². The maximum Gasteiger partial charge on any atom is 0.0541 e. The molecular weight excluding hydrogens is 370 g/mol. The predicted molar refractivity (Wildman–Crippen MR) is 119 cm³/mol. The van der Waals surface area contributed by atoms with Crippen molar-refractivity contribution in [1.29, 1.82) is 0 Å². The van der Waals surface area contributed by atoms with Crippen LogP contribution in [0.2, 0.25) is 5.02 Å². The molecule has 0 atom stereocenters. The van der Waals surface area contributed by atoms with E-state index in [0.717, 1.165) is 5.02 Å². The molecule has 0 fully saturated rings. The van der Waals surface area contributed by atoms with Crippen LogP contribution < -0.4 is 0 Å². The Bertz CT molecular complexity index is 1440. The standard InChI is InChI=1S/C24H14ClNS/c25-15-9-11-19-20-14-16(10-12-23(20)27-24(19)13-15)26-21-7-3-1-5-17(21)18-6-2-4-8-22(18)26/h1-14H. The van der Waals surface area contributed by atoms with E-state index in [2.05, 4.69) is 83.4 Å². The Morgan fingerprint density at radius 3 is 2.04 bits per heavy atom. The minimum atomic E-state index is 0.789. The number of para-hydroxylation sites is 2. The van der Waals surface area contributed by atoms with Crippen molar-refractivity contribution >= 4 is 64.9 Å². The minimum Gasteiger partial charge on any atom is -0.309 e. The van der Waals surface area contributed by atoms with E-state index in [1.165, 1.54) is 47.7 Å². The van der Waals surface area contributed by atoms with Gasteiger partial charge in [-0.2, -0.15) is 0 Å². The number of aromatic nitrogens is 1. The fraction of sp³-hybridized carbons (Fsp3) is 0. The molecule has 0 aliphatic rings. The van der Waals surface area contributed by atoms with Gasteiger partial charge in [-0.15, -0.1) is 11.3 Å². The normalized spacial score (nSPS) is 11.9. The van der Waals surface area contributed by atoms with E-state index in [9.17, 15) is 0 Å². The number of rotatable bonds is 1. The van der Waals surface area contributed by atoms with Crippen molar-refractivity contribution in [1.82, 2.24) is 4.57 Å². The first-order valence-corrected chi connectivity index (χ1v) is 10.1. The fourth-order valence-electron chi connectivity index (χ4n) is 4.08. The van der Waals surface area contributed by atoms with Crippen molar-refractivity contribution in [3.8, 4) is 5.69 Å². The molecule has 0 aliphatic carbocycles. The Hall–Kier alpha value is -2.81. The number of hydrogen-bond acceptors (Lipinski definition) is 1. The van der Waals surface area contributed by atoms with Crippen LogP contribution in [0.5, 0.6) is 0 Å². The van der Waals surface area contributed by atoms with Crippen LogP contribution in [0.4, 0.5) is 0 Å². The third kappa shape index (κ3) is 2.18. The molecule has 6 rings (SSSR count). The summed E-state index contributed by atoms with van der Waals surface area (Å²) in [4.78, 5) is 0. The molecule has 6 aromatic rings. The van der Waals surface area contributed by atoms with Gasteiger partial charge in [0.05, 0.1) is 11.0 Å². The molecule has 0 bridgehead atoms. The molecule has 0 amide bonds. The van der Waals surface area contributed by atoms with Crippen LogP contribution in [0.25, 0.3) is 47.7 Å². The molecule has 1 nitrogen and oxygen atoms in total. The van der Waals surface area contributed by atoms with Crippen molar-refractivity contribution in [3.63, 3.8) is 0 Å². The van der Waals surface area contributed by atoms with Gasteiger partial charge in [0.2, 0.25) is 0 Å². The number of nitrogens with zero attached hydrogens (tertiary/aromatic N) is 1. The highest BCUT2D eigenvalue weighted by Crippen LogP contribution is 2.38. The van der Waals surface area contributed by atoms with Gasteiger partial charge >= 0.3 is 0 Å². The highest BCUT2D eigenvalue weighted by molar-refractivity contribution is 7.25. The zero-order chi connectivity index (χ0) is 18.0. The number of hydrogen-bond donors (Lipinski definition) is 0. The summed E-state index contributed by atoms with van der Waals surface area (Å²) in [7, 11) is 0. The molecule has 2 heterocycles. The lowest BCUT2D eigenvalue weighted by Gasteiger charge is -2.08. The zero-order valence-electron chi connectivity index (χ0n) is 14.3. The fourth-order valence-corrected chi connectivity index (χ4v) is 5.44. The highest BCUT2D eigenvalue weighted by atomic mass is 35.5. The van der Waals surface area contributed by atoms with E-state index >= 15 is 0 Å². The van der Waals surface area contributed by atoms with Crippen molar-refractivity contribution < 1.29 is 0 Å². The quantitative estimate of drug-likeness (QED) is 0.273. The Balaban J connectivity index is 1.73. The number of benzene rings is 4. The molecule has 0 unspecified atom stereocenters. The van der Waals surface area contributed by atoms with Crippen LogP contribution in [0, 0.1) is 0 Å². The van der Waals surface area contributed by atoms with Crippen molar-refractivity contribution in [3.05, 3.63) is 90.0 Å². The molecule has 2 aromatic heterocycles. The molecule has 0 aliphatic heterocycles. The molecular formula is C24H14ClNS. The topological polar surface area (TPSA) is 4.93 Å². The van der Waals surface area contributed by atoms with Gasteiger partial charge in [0.1, 0.15) is 0 Å². The van der Waals surface area contributed by atoms with E-state index in [0.29, 0.717) is 0 Å². The average molecular weight is 384 g/mol. The largest absolute Gasteiger partial charge is 0.309 e. The molecule has 27 heavy (non-hydrogen) atoms. The van der Waals surface area contributed by atoms with Crippen LogP contribution in [0.3, 0.4) is 0 Å². The van der Waals surface area contributed by atoms with Gasteiger partial charge in [-0.3, -0.25) is 0 Å². The summed E-state index contributed by atoms with van der Waals surface area (Å²) < 4.78 is 4.89. The summed E-state index contributed by atoms with van der Waals surface area (Å²) >= 11 is 7.99. The molecule has 3 heteroatoms. The number of halogens is 1. The number of fused-ring (bicyclic) bond motifs is 6. The van der Waals surface area contributed by atoms with E-state index in [1.807, 2.05) is 6.07 Å². The molecule has 128 valence electrons. The van der Waals surface area contributed by atoms with E-state index in [4.69, 9.17) is 11.6 Å². The lowest BCUT2D eigenvalue weighted by Crippen LogP contribution is -1.93. The summed E-state index contributed by atoms with van der Waals surface area (Å²) in [6.07, 6.45) is 0. The Kier molecular flexibility index (Phi) is 3.16. The summed E-state index contributed by atoms with van der Waals surface area (Å²) in [6, 6.07) is 30.2. The summed E-state index contributed by atoms with van der Waals surface area (Å²) in [5.74, 6) is 0. The van der Waals surface area contributed by atoms with Gasteiger partial charge in [-0.1, -0.05) is 54.1 Å². The molecule has 0 saturated heterocycles. The Morgan fingerprint density at radius 2 is 1.30 bits per heavy atom. The summed E-state index contributed by atoms with van der Waals surface area (Å²) in [6.45, 7) is 0. The highest BCUT2D eigenvalue weighted by Gasteiger charge is 2.13. The summed E-state index contributed by atoms with van der Waals surface area (Å²) in [5.41, 5.74) is 3.66. The van der Waals surface area contributed by atoms with Gasteiger partial charge in [0, 0.05) is 41.7 Å². The van der Waals surface area contributed by atoms with Gasteiger partial charge in [0.15, 0.2) is 0 Å². The van der Waals surface area contributed by atoms with Gasteiger partial charge < -0.3 is 4.57 Å².